The zero-order valence-corrected chi connectivity index (χ0v) is 32.4. The van der Waals surface area contributed by atoms with Gasteiger partial charge < -0.3 is 32.8 Å². The summed E-state index contributed by atoms with van der Waals surface area (Å²) in [6.45, 7) is 11.9. The number of hydrogen-bond acceptors (Lipinski definition) is 9. The molecule has 1 fully saturated rings. The van der Waals surface area contributed by atoms with Gasteiger partial charge in [-0.2, -0.15) is 0 Å². The fraction of sp³-hybridized carbons (Fsp3) is 0.390. The summed E-state index contributed by atoms with van der Waals surface area (Å²) in [5, 5.41) is -0.117. The number of carbonyl (C=O) groups excluding carboxylic acids is 1. The molecule has 5 rings (SSSR count). The Morgan fingerprint density at radius 1 is 0.725 bits per heavy atom. The van der Waals surface area contributed by atoms with Gasteiger partial charge in [0, 0.05) is 4.90 Å². The van der Waals surface area contributed by atoms with E-state index in [9.17, 15) is 4.79 Å². The predicted octanol–water partition coefficient (Wildman–Crippen LogP) is 8.94. The number of ether oxygens (including phenoxy) is 6. The Bertz CT molecular complexity index is 1650. The van der Waals surface area contributed by atoms with E-state index in [1.807, 2.05) is 97.1 Å². The van der Waals surface area contributed by atoms with Crippen LogP contribution in [-0.2, 0) is 36.6 Å². The normalized spacial score (nSPS) is 20.8. The first-order chi connectivity index (χ1) is 24.5. The van der Waals surface area contributed by atoms with Crippen molar-refractivity contribution in [3.8, 4) is 11.5 Å². The van der Waals surface area contributed by atoms with Crippen molar-refractivity contribution in [1.82, 2.24) is 0 Å². The van der Waals surface area contributed by atoms with Gasteiger partial charge in [-0.05, 0) is 77.8 Å². The molecule has 0 amide bonds. The molecule has 1 heterocycles. The molecule has 4 aromatic rings. The van der Waals surface area contributed by atoms with Crippen LogP contribution in [0.3, 0.4) is 0 Å². The maximum Gasteiger partial charge on any atom is 0.338 e. The molecule has 51 heavy (non-hydrogen) atoms. The molecule has 0 unspecified atom stereocenters. The molecule has 1 aliphatic heterocycles. The van der Waals surface area contributed by atoms with Crippen molar-refractivity contribution in [2.75, 3.05) is 20.8 Å². The third-order valence-electron chi connectivity index (χ3n) is 9.39. The van der Waals surface area contributed by atoms with Gasteiger partial charge in [0.1, 0.15) is 35.2 Å². The fourth-order valence-electron chi connectivity index (χ4n) is 5.41. The van der Waals surface area contributed by atoms with Gasteiger partial charge in [0.25, 0.3) is 0 Å². The predicted molar refractivity (Wildman–Crippen MR) is 203 cm³/mol. The van der Waals surface area contributed by atoms with Crippen LogP contribution >= 0.6 is 11.8 Å². The van der Waals surface area contributed by atoms with Crippen LogP contribution in [0, 0.1) is 0 Å². The van der Waals surface area contributed by atoms with E-state index in [4.69, 9.17) is 32.8 Å². The summed E-state index contributed by atoms with van der Waals surface area (Å²) in [6, 6.07) is 34.5. The maximum absolute atomic E-state index is 13.8. The van der Waals surface area contributed by atoms with Gasteiger partial charge in [0.15, 0.2) is 14.4 Å². The Balaban J connectivity index is 1.53. The summed E-state index contributed by atoms with van der Waals surface area (Å²) in [6.07, 6.45) is -2.67. The molecule has 1 saturated heterocycles. The lowest BCUT2D eigenvalue weighted by Crippen LogP contribution is -2.63. The highest BCUT2D eigenvalue weighted by Gasteiger charge is 2.53. The highest BCUT2D eigenvalue weighted by molar-refractivity contribution is 7.99. The Morgan fingerprint density at radius 2 is 1.27 bits per heavy atom. The lowest BCUT2D eigenvalue weighted by Gasteiger charge is -2.49. The summed E-state index contributed by atoms with van der Waals surface area (Å²) in [5.41, 5.74) is 1.77. The van der Waals surface area contributed by atoms with E-state index in [0.29, 0.717) is 12.2 Å². The minimum atomic E-state index is -2.43. The van der Waals surface area contributed by atoms with E-state index in [2.05, 4.69) is 33.9 Å². The third kappa shape index (κ3) is 10.5. The first-order valence-corrected chi connectivity index (χ1v) is 21.0. The minimum Gasteiger partial charge on any atom is -0.497 e. The lowest BCUT2D eigenvalue weighted by molar-refractivity contribution is -0.223. The van der Waals surface area contributed by atoms with Gasteiger partial charge in [-0.3, -0.25) is 0 Å². The summed E-state index contributed by atoms with van der Waals surface area (Å²) in [5.74, 6) is 1.08. The van der Waals surface area contributed by atoms with E-state index in [-0.39, 0.29) is 18.3 Å². The minimum absolute atomic E-state index is 0.117. The van der Waals surface area contributed by atoms with Crippen LogP contribution in [0.15, 0.2) is 114 Å². The largest absolute Gasteiger partial charge is 0.497 e. The molecule has 0 spiro atoms. The van der Waals surface area contributed by atoms with Crippen LogP contribution in [0.2, 0.25) is 18.1 Å². The Labute approximate surface area is 307 Å². The van der Waals surface area contributed by atoms with Crippen LogP contribution < -0.4 is 9.47 Å². The van der Waals surface area contributed by atoms with Crippen molar-refractivity contribution in [3.05, 3.63) is 126 Å². The first-order valence-electron chi connectivity index (χ1n) is 17.2. The first kappa shape index (κ1) is 38.6. The topological polar surface area (TPSA) is 81.7 Å². The van der Waals surface area contributed by atoms with Crippen LogP contribution in [0.5, 0.6) is 11.5 Å². The molecule has 272 valence electrons. The number of thioether (sulfide) groups is 1. The average molecular weight is 731 g/mol. The second-order valence-corrected chi connectivity index (χ2v) is 20.0. The van der Waals surface area contributed by atoms with Crippen molar-refractivity contribution < 1.29 is 37.6 Å². The summed E-state index contributed by atoms with van der Waals surface area (Å²) in [7, 11) is 0.858. The molecule has 1 aliphatic rings. The molecule has 0 saturated carbocycles. The smallest absolute Gasteiger partial charge is 0.338 e. The van der Waals surface area contributed by atoms with Crippen molar-refractivity contribution >= 4 is 26.0 Å². The molecule has 0 bridgehead atoms. The molecule has 0 N–H and O–H groups in total. The molecule has 4 aromatic carbocycles. The molecule has 0 radical (unpaired) electrons. The molecule has 0 aliphatic carbocycles. The quantitative estimate of drug-likeness (QED) is 0.0880. The van der Waals surface area contributed by atoms with E-state index >= 15 is 0 Å². The number of esters is 1. The second-order valence-electron chi connectivity index (χ2n) is 14.0. The van der Waals surface area contributed by atoms with Crippen molar-refractivity contribution in [3.63, 3.8) is 0 Å². The van der Waals surface area contributed by atoms with E-state index < -0.39 is 44.1 Å². The molecular formula is C41H50O8SSi. The zero-order valence-electron chi connectivity index (χ0n) is 30.6. The van der Waals surface area contributed by atoms with Crippen molar-refractivity contribution in [2.45, 2.75) is 86.9 Å². The molecular weight excluding hydrogens is 681 g/mol. The molecule has 8 nitrogen and oxygen atoms in total. The number of benzene rings is 4. The number of methoxy groups -OCH3 is 2. The van der Waals surface area contributed by atoms with Gasteiger partial charge in [0.05, 0.1) is 39.6 Å². The van der Waals surface area contributed by atoms with Crippen molar-refractivity contribution in [2.24, 2.45) is 0 Å². The fourth-order valence-corrected chi connectivity index (χ4v) is 7.85. The standard InChI is InChI=1S/C41H50O8SSi/c1-41(2,3)51(6,7)49-36-35(28-45-26-29-18-22-32(43-4)23-19-29)47-40(50-34-16-12-9-13-17-34)38(48-39(42)31-14-10-8-11-15-31)37(36)46-27-30-20-24-33(44-5)25-21-30/h8-25,35-38,40H,26-28H2,1-7H3/t35-,36-,37+,38-,40+/m1/s1. The monoisotopic (exact) mass is 730 g/mol. The van der Waals surface area contributed by atoms with Crippen LogP contribution in [-0.4, -0.2) is 65.0 Å². The highest BCUT2D eigenvalue weighted by atomic mass is 32.2. The Hall–Kier alpha value is -3.64. The summed E-state index contributed by atoms with van der Waals surface area (Å²) >= 11 is 1.49. The van der Waals surface area contributed by atoms with Gasteiger partial charge in [-0.15, -0.1) is 0 Å². The van der Waals surface area contributed by atoms with E-state index in [0.717, 1.165) is 27.5 Å². The van der Waals surface area contributed by atoms with Crippen LogP contribution in [0.1, 0.15) is 42.3 Å². The Kier molecular flexibility index (Phi) is 13.4. The van der Waals surface area contributed by atoms with E-state index in [1.165, 1.54) is 11.8 Å². The van der Waals surface area contributed by atoms with Gasteiger partial charge in [-0.1, -0.05) is 93.2 Å². The lowest BCUT2D eigenvalue weighted by atomic mass is 9.99. The van der Waals surface area contributed by atoms with Gasteiger partial charge in [-0.25, -0.2) is 4.79 Å². The van der Waals surface area contributed by atoms with Crippen LogP contribution in [0.25, 0.3) is 0 Å². The van der Waals surface area contributed by atoms with Crippen LogP contribution in [0.4, 0.5) is 0 Å². The summed E-state index contributed by atoms with van der Waals surface area (Å²) in [4.78, 5) is 14.8. The van der Waals surface area contributed by atoms with Gasteiger partial charge >= 0.3 is 5.97 Å². The number of hydrogen-bond donors (Lipinski definition) is 0. The molecule has 5 atom stereocenters. The highest BCUT2D eigenvalue weighted by Crippen LogP contribution is 2.43. The second kappa shape index (κ2) is 17.7. The maximum atomic E-state index is 13.8. The Morgan fingerprint density at radius 3 is 1.82 bits per heavy atom. The van der Waals surface area contributed by atoms with Crippen molar-refractivity contribution in [1.29, 1.82) is 0 Å². The molecule has 0 aromatic heterocycles. The number of carbonyl (C=O) groups is 1. The van der Waals surface area contributed by atoms with E-state index in [1.54, 1.807) is 26.4 Å². The molecule has 10 heteroatoms. The SMILES string of the molecule is COc1ccc(COC[C@H]2O[C@@H](Sc3ccccc3)[C@H](OC(=O)c3ccccc3)[C@@H](OCc3ccc(OC)cc3)[C@@H]2O[Si](C)(C)C(C)(C)C)cc1. The third-order valence-corrected chi connectivity index (χ3v) is 15.0. The summed E-state index contributed by atoms with van der Waals surface area (Å²) < 4.78 is 44.5. The zero-order chi connectivity index (χ0) is 36.4. The average Bonchev–Trinajstić information content (AvgIpc) is 3.13. The number of rotatable bonds is 15. The van der Waals surface area contributed by atoms with Gasteiger partial charge in [0.2, 0.25) is 0 Å².